The van der Waals surface area contributed by atoms with Crippen LogP contribution in [0.1, 0.15) is 19.4 Å². The number of ether oxygens (including phenoxy) is 1. The van der Waals surface area contributed by atoms with E-state index in [1.165, 1.54) is 0 Å². The number of hydrogen-bond donors (Lipinski definition) is 0. The minimum Gasteiger partial charge on any atom is -0.497 e. The number of halogens is 1. The van der Waals surface area contributed by atoms with Crippen molar-refractivity contribution in [1.29, 1.82) is 0 Å². The van der Waals surface area contributed by atoms with Crippen molar-refractivity contribution >= 4 is 25.3 Å². The van der Waals surface area contributed by atoms with Gasteiger partial charge in [-0.3, -0.25) is 4.57 Å². The summed E-state index contributed by atoms with van der Waals surface area (Å²) in [6, 6.07) is 7.21. The maximum atomic E-state index is 12.4. The molecule has 0 amide bonds. The molecule has 0 saturated heterocycles. The molecule has 0 radical (unpaired) electrons. The van der Waals surface area contributed by atoms with Crippen LogP contribution in [0, 0.1) is 0 Å². The van der Waals surface area contributed by atoms with Crippen molar-refractivity contribution in [3.05, 3.63) is 34.6 Å². The second kappa shape index (κ2) is 7.71. The van der Waals surface area contributed by atoms with Gasteiger partial charge in [0.15, 0.2) is 0 Å². The van der Waals surface area contributed by atoms with Crippen LogP contribution in [0.4, 0.5) is 0 Å². The molecule has 0 fully saturated rings. The van der Waals surface area contributed by atoms with Gasteiger partial charge in [0.1, 0.15) is 10.5 Å². The molecule has 0 heterocycles. The van der Waals surface area contributed by atoms with Gasteiger partial charge >= 0.3 is 7.60 Å². The molecular weight excluding hydrogens is 287 g/mol. The molecule has 0 bridgehead atoms. The van der Waals surface area contributed by atoms with Gasteiger partial charge in [0, 0.05) is 0 Å². The van der Waals surface area contributed by atoms with Crippen LogP contribution in [-0.2, 0) is 13.6 Å². The van der Waals surface area contributed by atoms with Gasteiger partial charge in [-0.05, 0) is 37.6 Å². The SMILES string of the molecule is CCOP(=O)(OCC)/C(Cl)=C/c1ccc(OC)cc1. The third-order valence-electron chi connectivity index (χ3n) is 2.26. The van der Waals surface area contributed by atoms with Crippen LogP contribution in [0.2, 0.25) is 0 Å². The summed E-state index contributed by atoms with van der Waals surface area (Å²) < 4.78 is 27.8. The van der Waals surface area contributed by atoms with Gasteiger partial charge in [-0.25, -0.2) is 0 Å². The van der Waals surface area contributed by atoms with E-state index in [2.05, 4.69) is 0 Å². The highest BCUT2D eigenvalue weighted by Gasteiger charge is 2.28. The van der Waals surface area contributed by atoms with Gasteiger partial charge < -0.3 is 13.8 Å². The zero-order chi connectivity index (χ0) is 14.3. The zero-order valence-electron chi connectivity index (χ0n) is 11.3. The number of hydrogen-bond acceptors (Lipinski definition) is 4. The fourth-order valence-corrected chi connectivity index (χ4v) is 3.14. The first-order chi connectivity index (χ1) is 9.05. The van der Waals surface area contributed by atoms with E-state index < -0.39 is 7.60 Å². The smallest absolute Gasteiger partial charge is 0.372 e. The van der Waals surface area contributed by atoms with Gasteiger partial charge in [-0.1, -0.05) is 23.7 Å². The monoisotopic (exact) mass is 304 g/mol. The van der Waals surface area contributed by atoms with Gasteiger partial charge in [-0.2, -0.15) is 0 Å². The van der Waals surface area contributed by atoms with Crippen molar-refractivity contribution in [1.82, 2.24) is 0 Å². The molecular formula is C13H18ClO4P. The molecule has 0 aliphatic rings. The van der Waals surface area contributed by atoms with Crippen LogP contribution in [0.15, 0.2) is 29.0 Å². The van der Waals surface area contributed by atoms with Crippen LogP contribution in [0.25, 0.3) is 6.08 Å². The summed E-state index contributed by atoms with van der Waals surface area (Å²) >= 11 is 6.07. The van der Waals surface area contributed by atoms with Crippen molar-refractivity contribution in [3.8, 4) is 5.75 Å². The Morgan fingerprint density at radius 3 is 2.16 bits per heavy atom. The Bertz CT molecular complexity index is 460. The summed E-state index contributed by atoms with van der Waals surface area (Å²) in [7, 11) is -1.81. The predicted molar refractivity (Wildman–Crippen MR) is 77.7 cm³/mol. The summed E-state index contributed by atoms with van der Waals surface area (Å²) in [6.45, 7) is 4.01. The summed E-state index contributed by atoms with van der Waals surface area (Å²) in [5.74, 6) is 0.742. The lowest BCUT2D eigenvalue weighted by Gasteiger charge is -2.15. The molecule has 0 aliphatic heterocycles. The van der Waals surface area contributed by atoms with Crippen LogP contribution in [0.5, 0.6) is 5.75 Å². The molecule has 4 nitrogen and oxygen atoms in total. The molecule has 0 N–H and O–H groups in total. The molecule has 0 atom stereocenters. The second-order valence-corrected chi connectivity index (χ2v) is 6.24. The molecule has 1 aromatic carbocycles. The van der Waals surface area contributed by atoms with E-state index in [9.17, 15) is 4.57 Å². The third kappa shape index (κ3) is 4.66. The van der Waals surface area contributed by atoms with E-state index in [1.807, 2.05) is 12.1 Å². The van der Waals surface area contributed by atoms with Gasteiger partial charge in [0.05, 0.1) is 20.3 Å². The lowest BCUT2D eigenvalue weighted by Crippen LogP contribution is -1.95. The summed E-state index contributed by atoms with van der Waals surface area (Å²) in [4.78, 5) is 0. The highest BCUT2D eigenvalue weighted by Crippen LogP contribution is 2.58. The molecule has 106 valence electrons. The lowest BCUT2D eigenvalue weighted by molar-refractivity contribution is 0.228. The average molecular weight is 305 g/mol. The first kappa shape index (κ1) is 16.3. The van der Waals surface area contributed by atoms with Gasteiger partial charge in [0.25, 0.3) is 0 Å². The van der Waals surface area contributed by atoms with Gasteiger partial charge in [0.2, 0.25) is 0 Å². The summed E-state index contributed by atoms with van der Waals surface area (Å²) in [6.07, 6.45) is 1.58. The van der Waals surface area contributed by atoms with Crippen LogP contribution in [-0.4, -0.2) is 20.3 Å². The van der Waals surface area contributed by atoms with Crippen molar-refractivity contribution in [2.24, 2.45) is 0 Å². The first-order valence-electron chi connectivity index (χ1n) is 5.96. The van der Waals surface area contributed by atoms with Crippen LogP contribution < -0.4 is 4.74 Å². The quantitative estimate of drug-likeness (QED) is 0.696. The fourth-order valence-electron chi connectivity index (χ4n) is 1.42. The van der Waals surface area contributed by atoms with Crippen LogP contribution in [0.3, 0.4) is 0 Å². The lowest BCUT2D eigenvalue weighted by atomic mass is 10.2. The third-order valence-corrected chi connectivity index (χ3v) is 4.84. The second-order valence-electron chi connectivity index (χ2n) is 3.57. The highest BCUT2D eigenvalue weighted by atomic mass is 35.5. The van der Waals surface area contributed by atoms with Crippen molar-refractivity contribution in [2.75, 3.05) is 20.3 Å². The summed E-state index contributed by atoms with van der Waals surface area (Å²) in [5.41, 5.74) is 0.797. The van der Waals surface area contributed by atoms with Crippen molar-refractivity contribution < 1.29 is 18.3 Å². The predicted octanol–water partition coefficient (Wildman–Crippen LogP) is 4.50. The summed E-state index contributed by atoms with van der Waals surface area (Å²) in [5, 5.41) is 0. The van der Waals surface area contributed by atoms with E-state index in [0.29, 0.717) is 0 Å². The van der Waals surface area contributed by atoms with Crippen molar-refractivity contribution in [3.63, 3.8) is 0 Å². The van der Waals surface area contributed by atoms with E-state index in [0.717, 1.165) is 11.3 Å². The number of methoxy groups -OCH3 is 1. The standard InChI is InChI=1S/C13H18ClO4P/c1-4-17-19(15,18-5-2)13(14)10-11-6-8-12(16-3)9-7-11/h6-10H,4-5H2,1-3H3/b13-10+. The largest absolute Gasteiger partial charge is 0.497 e. The van der Waals surface area contributed by atoms with Crippen LogP contribution >= 0.6 is 19.2 Å². The normalized spacial score (nSPS) is 12.5. The highest BCUT2D eigenvalue weighted by molar-refractivity contribution is 7.61. The first-order valence-corrected chi connectivity index (χ1v) is 7.88. The Morgan fingerprint density at radius 2 is 1.74 bits per heavy atom. The number of benzene rings is 1. The molecule has 0 aliphatic carbocycles. The fraction of sp³-hybridized carbons (Fsp3) is 0.385. The Morgan fingerprint density at radius 1 is 1.21 bits per heavy atom. The molecule has 0 saturated carbocycles. The van der Waals surface area contributed by atoms with E-state index in [-0.39, 0.29) is 18.0 Å². The van der Waals surface area contributed by atoms with E-state index in [1.54, 1.807) is 39.2 Å². The maximum absolute atomic E-state index is 12.4. The maximum Gasteiger partial charge on any atom is 0.372 e. The molecule has 0 aromatic heterocycles. The molecule has 6 heteroatoms. The minimum atomic E-state index is -3.40. The van der Waals surface area contributed by atoms with Gasteiger partial charge in [-0.15, -0.1) is 0 Å². The Labute approximate surface area is 118 Å². The minimum absolute atomic E-state index is 0.0707. The van der Waals surface area contributed by atoms with E-state index in [4.69, 9.17) is 25.4 Å². The Balaban J connectivity index is 2.97. The molecule has 1 rings (SSSR count). The number of rotatable bonds is 7. The molecule has 0 spiro atoms. The molecule has 1 aromatic rings. The molecule has 0 unspecified atom stereocenters. The average Bonchev–Trinajstić information content (AvgIpc) is 2.40. The topological polar surface area (TPSA) is 44.8 Å². The molecule has 19 heavy (non-hydrogen) atoms. The Kier molecular flexibility index (Phi) is 6.59. The Hall–Kier alpha value is -0.800. The van der Waals surface area contributed by atoms with E-state index >= 15 is 0 Å². The zero-order valence-corrected chi connectivity index (χ0v) is 12.9. The van der Waals surface area contributed by atoms with Crippen molar-refractivity contribution in [2.45, 2.75) is 13.8 Å².